The number of esters is 1. The van der Waals surface area contributed by atoms with Crippen LogP contribution in [0.3, 0.4) is 0 Å². The van der Waals surface area contributed by atoms with E-state index < -0.39 is 11.7 Å². The van der Waals surface area contributed by atoms with Gasteiger partial charge in [0.1, 0.15) is 11.7 Å². The Kier molecular flexibility index (Phi) is 4.08. The minimum atomic E-state index is -0.845. The normalized spacial score (nSPS) is 40.5. The summed E-state index contributed by atoms with van der Waals surface area (Å²) in [7, 11) is 0. The van der Waals surface area contributed by atoms with Crippen LogP contribution in [0.5, 0.6) is 0 Å². The quantitative estimate of drug-likeness (QED) is 0.575. The molecule has 0 amide bonds. The van der Waals surface area contributed by atoms with Gasteiger partial charge in [0.05, 0.1) is 18.8 Å². The van der Waals surface area contributed by atoms with Crippen molar-refractivity contribution in [3.8, 4) is 0 Å². The van der Waals surface area contributed by atoms with E-state index in [-0.39, 0.29) is 24.8 Å². The summed E-state index contributed by atoms with van der Waals surface area (Å²) in [4.78, 5) is 12.0. The minimum Gasteiger partial charge on any atom is -0.456 e. The van der Waals surface area contributed by atoms with Gasteiger partial charge in [-0.05, 0) is 50.9 Å². The lowest BCUT2D eigenvalue weighted by Gasteiger charge is -2.60. The van der Waals surface area contributed by atoms with Gasteiger partial charge in [0.15, 0.2) is 0 Å². The second-order valence-electron chi connectivity index (χ2n) is 7.64. The Morgan fingerprint density at radius 3 is 2.41 bits per heavy atom. The van der Waals surface area contributed by atoms with Crippen LogP contribution < -0.4 is 0 Å². The maximum absolute atomic E-state index is 12.0. The topological polar surface area (TPSA) is 76.0 Å². The van der Waals surface area contributed by atoms with Crippen molar-refractivity contribution in [2.24, 2.45) is 11.8 Å². The lowest BCUT2D eigenvalue weighted by molar-refractivity contribution is -0.237. The molecule has 4 fully saturated rings. The minimum absolute atomic E-state index is 0.139. The number of hydrogen-bond donors (Lipinski definition) is 2. The zero-order valence-electron chi connectivity index (χ0n) is 13.2. The molecule has 22 heavy (non-hydrogen) atoms. The molecule has 0 heterocycles. The van der Waals surface area contributed by atoms with Gasteiger partial charge in [-0.3, -0.25) is 0 Å². The number of carbonyl (C=O) groups excluding carboxylic acids is 1. The molecule has 4 bridgehead atoms. The van der Waals surface area contributed by atoms with Crippen LogP contribution in [0, 0.1) is 11.8 Å². The van der Waals surface area contributed by atoms with Crippen LogP contribution in [0.25, 0.3) is 0 Å². The molecule has 4 aliphatic rings. The van der Waals surface area contributed by atoms with Gasteiger partial charge in [-0.2, -0.15) is 0 Å². The van der Waals surface area contributed by atoms with E-state index in [1.54, 1.807) is 6.92 Å². The lowest BCUT2D eigenvalue weighted by Crippen LogP contribution is -2.61. The molecule has 0 saturated heterocycles. The smallest absolute Gasteiger partial charge is 0.333 e. The summed E-state index contributed by atoms with van der Waals surface area (Å²) in [6.07, 6.45) is 4.79. The third kappa shape index (κ3) is 2.94. The van der Waals surface area contributed by atoms with Crippen LogP contribution in [-0.4, -0.2) is 46.7 Å². The van der Waals surface area contributed by atoms with Crippen molar-refractivity contribution < 1.29 is 24.5 Å². The molecule has 0 aliphatic heterocycles. The molecule has 5 heteroatoms. The van der Waals surface area contributed by atoms with Crippen molar-refractivity contribution in [1.82, 2.24) is 0 Å². The number of hydrogen-bond acceptors (Lipinski definition) is 5. The second kappa shape index (κ2) is 5.62. The third-order valence-corrected chi connectivity index (χ3v) is 5.40. The monoisotopic (exact) mass is 310 g/mol. The highest BCUT2D eigenvalue weighted by Gasteiger charge is 2.60. The second-order valence-corrected chi connectivity index (χ2v) is 7.64. The van der Waals surface area contributed by atoms with E-state index in [0.717, 1.165) is 25.7 Å². The fraction of sp³-hybridized carbons (Fsp3) is 0.824. The molecule has 4 aliphatic carbocycles. The van der Waals surface area contributed by atoms with Gasteiger partial charge in [-0.15, -0.1) is 0 Å². The van der Waals surface area contributed by atoms with Gasteiger partial charge >= 0.3 is 5.97 Å². The summed E-state index contributed by atoms with van der Waals surface area (Å²) >= 11 is 0. The highest BCUT2D eigenvalue weighted by atomic mass is 16.6. The van der Waals surface area contributed by atoms with Gasteiger partial charge in [-0.25, -0.2) is 4.79 Å². The molecule has 0 aromatic heterocycles. The van der Waals surface area contributed by atoms with E-state index in [1.165, 1.54) is 6.42 Å². The number of aliphatic hydroxyl groups is 2. The Morgan fingerprint density at radius 1 is 1.27 bits per heavy atom. The van der Waals surface area contributed by atoms with E-state index in [2.05, 4.69) is 6.58 Å². The number of rotatable bonds is 6. The molecular formula is C17H26O5. The molecule has 0 aromatic carbocycles. The number of aliphatic hydroxyl groups excluding tert-OH is 2. The van der Waals surface area contributed by atoms with E-state index in [9.17, 15) is 9.90 Å². The van der Waals surface area contributed by atoms with Crippen LogP contribution in [0.1, 0.15) is 45.4 Å². The highest BCUT2D eigenvalue weighted by Crippen LogP contribution is 2.60. The summed E-state index contributed by atoms with van der Waals surface area (Å²) < 4.78 is 11.9. The predicted molar refractivity (Wildman–Crippen MR) is 80.1 cm³/mol. The summed E-state index contributed by atoms with van der Waals surface area (Å²) in [5.41, 5.74) is -0.304. The Morgan fingerprint density at radius 2 is 1.86 bits per heavy atom. The van der Waals surface area contributed by atoms with Crippen molar-refractivity contribution in [2.45, 2.75) is 62.8 Å². The highest BCUT2D eigenvalue weighted by molar-refractivity contribution is 5.87. The fourth-order valence-electron chi connectivity index (χ4n) is 4.99. The van der Waals surface area contributed by atoms with Crippen molar-refractivity contribution in [2.75, 3.05) is 13.2 Å². The largest absolute Gasteiger partial charge is 0.456 e. The molecule has 3 atom stereocenters. The Bertz CT molecular complexity index is 458. The van der Waals surface area contributed by atoms with Crippen LogP contribution >= 0.6 is 0 Å². The van der Waals surface area contributed by atoms with Gasteiger partial charge in [0.25, 0.3) is 0 Å². The van der Waals surface area contributed by atoms with Crippen molar-refractivity contribution >= 4 is 5.97 Å². The van der Waals surface area contributed by atoms with E-state index >= 15 is 0 Å². The van der Waals surface area contributed by atoms with E-state index in [4.69, 9.17) is 14.6 Å². The molecule has 0 aromatic rings. The maximum atomic E-state index is 12.0. The zero-order chi connectivity index (χ0) is 16.0. The standard InChI is InChI=1S/C17H26O5/c1-11(2)15(20)22-17-6-12-3-13(7-17)5-16(4-12,10-17)21-9-14(19)8-18/h12-14,18-19H,1,3-10H2,2H3. The molecule has 0 radical (unpaired) electrons. The van der Waals surface area contributed by atoms with Crippen LogP contribution in [0.15, 0.2) is 12.2 Å². The molecule has 2 N–H and O–H groups in total. The first kappa shape index (κ1) is 16.0. The number of ether oxygens (including phenoxy) is 2. The van der Waals surface area contributed by atoms with Gasteiger partial charge in [0.2, 0.25) is 0 Å². The third-order valence-electron chi connectivity index (χ3n) is 5.40. The molecule has 3 unspecified atom stereocenters. The lowest BCUT2D eigenvalue weighted by atomic mass is 9.52. The Hall–Kier alpha value is -0.910. The fourth-order valence-corrected chi connectivity index (χ4v) is 4.99. The maximum Gasteiger partial charge on any atom is 0.333 e. The molecule has 5 nitrogen and oxygen atoms in total. The van der Waals surface area contributed by atoms with Crippen LogP contribution in [0.2, 0.25) is 0 Å². The molecule has 124 valence electrons. The molecule has 4 saturated carbocycles. The Labute approximate surface area is 131 Å². The first-order valence-electron chi connectivity index (χ1n) is 8.17. The summed E-state index contributed by atoms with van der Waals surface area (Å²) in [5, 5.41) is 18.5. The first-order chi connectivity index (χ1) is 10.4. The summed E-state index contributed by atoms with van der Waals surface area (Å²) in [5.74, 6) is 0.725. The molecular weight excluding hydrogens is 284 g/mol. The van der Waals surface area contributed by atoms with Crippen molar-refractivity contribution in [3.63, 3.8) is 0 Å². The van der Waals surface area contributed by atoms with Crippen molar-refractivity contribution in [3.05, 3.63) is 12.2 Å². The summed E-state index contributed by atoms with van der Waals surface area (Å²) in [6, 6.07) is 0. The van der Waals surface area contributed by atoms with Gasteiger partial charge in [-0.1, -0.05) is 6.58 Å². The van der Waals surface area contributed by atoms with E-state index in [0.29, 0.717) is 23.8 Å². The first-order valence-corrected chi connectivity index (χ1v) is 8.17. The SMILES string of the molecule is C=C(C)C(=O)OC12CC3CC(CC(OCC(O)CO)(C3)C1)C2. The Balaban J connectivity index is 1.75. The molecule has 0 spiro atoms. The van der Waals surface area contributed by atoms with Gasteiger partial charge < -0.3 is 19.7 Å². The average molecular weight is 310 g/mol. The van der Waals surface area contributed by atoms with Crippen LogP contribution in [0.4, 0.5) is 0 Å². The molecule has 4 rings (SSSR count). The summed E-state index contributed by atoms with van der Waals surface area (Å²) in [6.45, 7) is 5.19. The van der Waals surface area contributed by atoms with Crippen molar-refractivity contribution in [1.29, 1.82) is 0 Å². The average Bonchev–Trinajstić information content (AvgIpc) is 2.42. The van der Waals surface area contributed by atoms with E-state index in [1.807, 2.05) is 0 Å². The zero-order valence-corrected chi connectivity index (χ0v) is 13.2. The predicted octanol–water partition coefficient (Wildman–Crippen LogP) is 1.57. The number of carbonyl (C=O) groups is 1. The van der Waals surface area contributed by atoms with Crippen LogP contribution in [-0.2, 0) is 14.3 Å². The van der Waals surface area contributed by atoms with Gasteiger partial charge in [0, 0.05) is 12.0 Å².